The van der Waals surface area contributed by atoms with Crippen molar-refractivity contribution < 1.29 is 32.2 Å². The van der Waals surface area contributed by atoms with E-state index in [1.807, 2.05) is 6.07 Å². The van der Waals surface area contributed by atoms with Crippen LogP contribution in [0.25, 0.3) is 0 Å². The molecule has 0 saturated heterocycles. The van der Waals surface area contributed by atoms with Crippen LogP contribution in [0.2, 0.25) is 5.02 Å². The summed E-state index contributed by atoms with van der Waals surface area (Å²) in [6.45, 7) is 0. The van der Waals surface area contributed by atoms with Gasteiger partial charge in [-0.25, -0.2) is 17.2 Å². The molecule has 2 fully saturated rings. The van der Waals surface area contributed by atoms with E-state index in [0.717, 1.165) is 17.7 Å². The molecule has 2 bridgehead atoms. The monoisotopic (exact) mass is 576 g/mol. The number of aliphatic hydroxyl groups excluding tert-OH is 1. The fourth-order valence-electron chi connectivity index (χ4n) is 6.06. The van der Waals surface area contributed by atoms with Crippen molar-refractivity contribution in [3.8, 4) is 0 Å². The van der Waals surface area contributed by atoms with Crippen LogP contribution in [0.4, 0.5) is 14.5 Å². The first-order valence-corrected chi connectivity index (χ1v) is 14.5. The largest absolute Gasteiger partial charge is 0.390 e. The number of sulfone groups is 1. The number of nitrogens with one attached hydrogen (secondary N) is 1. The SMILES string of the molecule is O=C(Nc1ccc(F)c(F)c1)c1ccc(Cl)c(S(=O)(=O)C2CC3CCC(C2)C3(O)C(O)Cc2cccnc2)c1. The highest BCUT2D eigenvalue weighted by molar-refractivity contribution is 7.92. The molecular weight excluding hydrogens is 550 g/mol. The molecule has 3 unspecified atom stereocenters. The van der Waals surface area contributed by atoms with Gasteiger partial charge in [0.15, 0.2) is 21.5 Å². The number of carbonyl (C=O) groups is 1. The Hall–Kier alpha value is -2.92. The van der Waals surface area contributed by atoms with Crippen molar-refractivity contribution in [1.29, 1.82) is 0 Å². The molecule has 2 aliphatic rings. The lowest BCUT2D eigenvalue weighted by atomic mass is 9.70. The summed E-state index contributed by atoms with van der Waals surface area (Å²) in [6, 6.07) is 10.3. The molecule has 3 atom stereocenters. The third-order valence-electron chi connectivity index (χ3n) is 8.07. The van der Waals surface area contributed by atoms with E-state index in [2.05, 4.69) is 10.3 Å². The Kier molecular flexibility index (Phi) is 7.49. The number of hydrogen-bond donors (Lipinski definition) is 3. The minimum atomic E-state index is -4.02. The van der Waals surface area contributed by atoms with E-state index in [9.17, 15) is 32.2 Å². The van der Waals surface area contributed by atoms with Crippen molar-refractivity contribution in [1.82, 2.24) is 4.98 Å². The van der Waals surface area contributed by atoms with E-state index in [-0.39, 0.29) is 40.4 Å². The number of fused-ring (bicyclic) bond motifs is 2. The average Bonchev–Trinajstić information content (AvgIpc) is 3.07. The summed E-state index contributed by atoms with van der Waals surface area (Å²) in [7, 11) is -4.02. The van der Waals surface area contributed by atoms with E-state index in [1.165, 1.54) is 24.3 Å². The number of carbonyl (C=O) groups excluding carboxylic acids is 1. The van der Waals surface area contributed by atoms with Gasteiger partial charge in [0.1, 0.15) is 0 Å². The first-order valence-electron chi connectivity index (χ1n) is 12.6. The van der Waals surface area contributed by atoms with Crippen LogP contribution in [0.3, 0.4) is 0 Å². The lowest BCUT2D eigenvalue weighted by molar-refractivity contribution is -0.141. The highest BCUT2D eigenvalue weighted by atomic mass is 35.5. The molecule has 3 aromatic rings. The van der Waals surface area contributed by atoms with Crippen LogP contribution in [0.1, 0.15) is 41.6 Å². The summed E-state index contributed by atoms with van der Waals surface area (Å²) in [5.74, 6) is -3.77. The van der Waals surface area contributed by atoms with Gasteiger partial charge < -0.3 is 15.5 Å². The van der Waals surface area contributed by atoms with E-state index >= 15 is 0 Å². The molecule has 2 aromatic carbocycles. The van der Waals surface area contributed by atoms with Crippen LogP contribution in [0, 0.1) is 23.5 Å². The molecule has 7 nitrogen and oxygen atoms in total. The normalized spacial score (nSPS) is 25.3. The van der Waals surface area contributed by atoms with Crippen LogP contribution in [-0.4, -0.2) is 46.5 Å². The number of nitrogens with zero attached hydrogens (tertiary/aromatic N) is 1. The van der Waals surface area contributed by atoms with Crippen molar-refractivity contribution in [2.45, 2.75) is 54.0 Å². The smallest absolute Gasteiger partial charge is 0.255 e. The Morgan fingerprint density at radius 3 is 2.46 bits per heavy atom. The zero-order chi connectivity index (χ0) is 27.9. The number of rotatable bonds is 7. The van der Waals surface area contributed by atoms with E-state index in [4.69, 9.17) is 11.6 Å². The van der Waals surface area contributed by atoms with Crippen molar-refractivity contribution in [3.05, 3.63) is 88.7 Å². The molecule has 3 N–H and O–H groups in total. The molecular formula is C28H27ClF2N2O5S. The summed E-state index contributed by atoms with van der Waals surface area (Å²) in [5, 5.41) is 24.2. The third kappa shape index (κ3) is 5.18. The maximum absolute atomic E-state index is 13.8. The number of aliphatic hydroxyl groups is 2. The Balaban J connectivity index is 1.35. The first-order chi connectivity index (χ1) is 18.5. The summed E-state index contributed by atoms with van der Waals surface area (Å²) in [5.41, 5.74) is -0.661. The second kappa shape index (κ2) is 10.6. The van der Waals surface area contributed by atoms with Crippen LogP contribution < -0.4 is 5.32 Å². The van der Waals surface area contributed by atoms with Crippen molar-refractivity contribution in [3.63, 3.8) is 0 Å². The van der Waals surface area contributed by atoms with Gasteiger partial charge in [-0.1, -0.05) is 17.7 Å². The number of benzene rings is 2. The zero-order valence-electron chi connectivity index (χ0n) is 20.7. The highest BCUT2D eigenvalue weighted by Crippen LogP contribution is 2.54. The number of amides is 1. The third-order valence-corrected chi connectivity index (χ3v) is 10.7. The van der Waals surface area contributed by atoms with Gasteiger partial charge in [-0.15, -0.1) is 0 Å². The Labute approximate surface area is 229 Å². The quantitative estimate of drug-likeness (QED) is 0.380. The van der Waals surface area contributed by atoms with Gasteiger partial charge in [0.2, 0.25) is 0 Å². The predicted octanol–water partition coefficient (Wildman–Crippen LogP) is 4.56. The molecule has 0 aliphatic heterocycles. The van der Waals surface area contributed by atoms with Gasteiger partial charge >= 0.3 is 0 Å². The van der Waals surface area contributed by atoms with E-state index in [1.54, 1.807) is 18.5 Å². The first kappa shape index (κ1) is 27.6. The van der Waals surface area contributed by atoms with Crippen LogP contribution in [0.15, 0.2) is 65.8 Å². The fourth-order valence-corrected chi connectivity index (χ4v) is 8.47. The number of anilines is 1. The molecule has 39 heavy (non-hydrogen) atoms. The number of hydrogen-bond acceptors (Lipinski definition) is 6. The molecule has 0 spiro atoms. The van der Waals surface area contributed by atoms with E-state index < -0.39 is 56.2 Å². The second-order valence-electron chi connectivity index (χ2n) is 10.3. The minimum absolute atomic E-state index is 0.00578. The molecule has 206 valence electrons. The van der Waals surface area contributed by atoms with Gasteiger partial charge in [0.25, 0.3) is 5.91 Å². The number of halogens is 3. The Morgan fingerprint density at radius 1 is 1.10 bits per heavy atom. The molecule has 2 aliphatic carbocycles. The molecule has 2 saturated carbocycles. The van der Waals surface area contributed by atoms with Gasteiger partial charge in [-0.2, -0.15) is 0 Å². The van der Waals surface area contributed by atoms with E-state index in [0.29, 0.717) is 12.8 Å². The maximum Gasteiger partial charge on any atom is 0.255 e. The maximum atomic E-state index is 13.8. The standard InChI is InChI=1S/C28H27ClF2N2O5S/c29-22-7-3-17(27(35)33-20-6-8-23(30)24(31)14-20)11-25(22)39(37,38)21-12-18-4-5-19(13-21)28(18,36)26(34)10-16-2-1-9-32-15-16/h1-3,6-9,11,14-15,18-19,21,26,34,36H,4-5,10,12-13H2,(H,33,35). The Morgan fingerprint density at radius 2 is 1.82 bits per heavy atom. The summed E-state index contributed by atoms with van der Waals surface area (Å²) in [4.78, 5) is 16.6. The summed E-state index contributed by atoms with van der Waals surface area (Å²) >= 11 is 6.29. The molecule has 1 heterocycles. The van der Waals surface area contributed by atoms with Gasteiger partial charge in [0, 0.05) is 36.1 Å². The van der Waals surface area contributed by atoms with Crippen molar-refractivity contribution >= 4 is 33.0 Å². The fraction of sp³-hybridized carbons (Fsp3) is 0.357. The van der Waals surface area contributed by atoms with Crippen LogP contribution >= 0.6 is 11.6 Å². The molecule has 1 amide bonds. The van der Waals surface area contributed by atoms with Crippen LogP contribution in [-0.2, 0) is 16.3 Å². The van der Waals surface area contributed by atoms with Crippen LogP contribution in [0.5, 0.6) is 0 Å². The minimum Gasteiger partial charge on any atom is -0.390 e. The van der Waals surface area contributed by atoms with Crippen molar-refractivity contribution in [2.24, 2.45) is 11.8 Å². The average molecular weight is 577 g/mol. The molecule has 11 heteroatoms. The lowest BCUT2D eigenvalue weighted by Crippen LogP contribution is -2.56. The highest BCUT2D eigenvalue weighted by Gasteiger charge is 2.58. The summed E-state index contributed by atoms with van der Waals surface area (Å²) in [6.07, 6.45) is 3.83. The van der Waals surface area contributed by atoms with Gasteiger partial charge in [-0.3, -0.25) is 9.78 Å². The number of aromatic nitrogens is 1. The topological polar surface area (TPSA) is 117 Å². The Bertz CT molecular complexity index is 1490. The molecule has 1 aromatic heterocycles. The number of pyridine rings is 1. The van der Waals surface area contributed by atoms with Gasteiger partial charge in [-0.05, 0) is 79.5 Å². The van der Waals surface area contributed by atoms with Crippen molar-refractivity contribution in [2.75, 3.05) is 5.32 Å². The zero-order valence-corrected chi connectivity index (χ0v) is 22.3. The molecule has 0 radical (unpaired) electrons. The predicted molar refractivity (Wildman–Crippen MR) is 141 cm³/mol. The molecule has 5 rings (SSSR count). The summed E-state index contributed by atoms with van der Waals surface area (Å²) < 4.78 is 54.3. The van der Waals surface area contributed by atoms with Gasteiger partial charge in [0.05, 0.1) is 26.9 Å². The lowest BCUT2D eigenvalue weighted by Gasteiger charge is -2.45. The second-order valence-corrected chi connectivity index (χ2v) is 12.9.